The summed E-state index contributed by atoms with van der Waals surface area (Å²) in [5, 5.41) is 9.57. The number of nitrogens with one attached hydrogen (secondary N) is 2. The zero-order valence-electron chi connectivity index (χ0n) is 13.2. The average Bonchev–Trinajstić information content (AvgIpc) is 3.05. The average molecular weight is 331 g/mol. The van der Waals surface area contributed by atoms with E-state index in [2.05, 4.69) is 15.7 Å². The van der Waals surface area contributed by atoms with E-state index in [9.17, 15) is 14.0 Å². The molecular formula is C16H18FN5O2. The molecule has 1 aromatic heterocycles. The van der Waals surface area contributed by atoms with Crippen LogP contribution in [-0.2, 0) is 4.79 Å². The standard InChI is InChI=1S/C16H18FN5O2/c1-21-10-12(4-6-15(21)23)19-16(24)20-13-9-11(17)3-5-14(13)22-8-2-7-18-22/h2-3,5,7-9,12H,4,6,10H2,1H3,(H2,19,20,24). The van der Waals surface area contributed by atoms with Crippen molar-refractivity contribution < 1.29 is 14.0 Å². The molecular weight excluding hydrogens is 313 g/mol. The minimum absolute atomic E-state index is 0.0690. The maximum atomic E-state index is 13.5. The Balaban J connectivity index is 1.70. The normalized spacial score (nSPS) is 17.7. The third-order valence-electron chi connectivity index (χ3n) is 3.92. The van der Waals surface area contributed by atoms with Crippen LogP contribution in [0.25, 0.3) is 5.69 Å². The number of carbonyl (C=O) groups excluding carboxylic acids is 2. The summed E-state index contributed by atoms with van der Waals surface area (Å²) in [5.41, 5.74) is 0.879. The lowest BCUT2D eigenvalue weighted by Gasteiger charge is -2.30. The first-order chi connectivity index (χ1) is 11.5. The van der Waals surface area contributed by atoms with Gasteiger partial charge in [-0.05, 0) is 30.7 Å². The molecule has 2 heterocycles. The Kier molecular flexibility index (Phi) is 4.45. The number of aromatic nitrogens is 2. The SMILES string of the molecule is CN1CC(NC(=O)Nc2cc(F)ccc2-n2cccn2)CCC1=O. The topological polar surface area (TPSA) is 79.3 Å². The highest BCUT2D eigenvalue weighted by Crippen LogP contribution is 2.21. The van der Waals surface area contributed by atoms with E-state index >= 15 is 0 Å². The monoisotopic (exact) mass is 331 g/mol. The van der Waals surface area contributed by atoms with Crippen molar-refractivity contribution >= 4 is 17.6 Å². The smallest absolute Gasteiger partial charge is 0.319 e. The van der Waals surface area contributed by atoms with Gasteiger partial charge in [-0.15, -0.1) is 0 Å². The van der Waals surface area contributed by atoms with Crippen LogP contribution < -0.4 is 10.6 Å². The van der Waals surface area contributed by atoms with Crippen molar-refractivity contribution in [1.29, 1.82) is 0 Å². The van der Waals surface area contributed by atoms with Crippen molar-refractivity contribution in [2.45, 2.75) is 18.9 Å². The third-order valence-corrected chi connectivity index (χ3v) is 3.92. The van der Waals surface area contributed by atoms with Gasteiger partial charge in [0.05, 0.1) is 11.4 Å². The number of amides is 3. The Morgan fingerprint density at radius 1 is 1.42 bits per heavy atom. The molecule has 1 atom stereocenters. The lowest BCUT2D eigenvalue weighted by atomic mass is 10.1. The predicted octanol–water partition coefficient (Wildman–Crippen LogP) is 1.75. The second-order valence-electron chi connectivity index (χ2n) is 5.72. The van der Waals surface area contributed by atoms with E-state index in [1.54, 1.807) is 41.2 Å². The summed E-state index contributed by atoms with van der Waals surface area (Å²) in [6.45, 7) is 0.460. The van der Waals surface area contributed by atoms with Crippen LogP contribution in [0.3, 0.4) is 0 Å². The van der Waals surface area contributed by atoms with Gasteiger partial charge in [0.2, 0.25) is 5.91 Å². The number of urea groups is 1. The van der Waals surface area contributed by atoms with E-state index in [4.69, 9.17) is 0 Å². The van der Waals surface area contributed by atoms with Crippen molar-refractivity contribution in [3.05, 3.63) is 42.5 Å². The molecule has 2 aromatic rings. The maximum absolute atomic E-state index is 13.5. The summed E-state index contributed by atoms with van der Waals surface area (Å²) in [6, 6.07) is 5.26. The number of halogens is 1. The van der Waals surface area contributed by atoms with Gasteiger partial charge in [0.1, 0.15) is 5.82 Å². The van der Waals surface area contributed by atoms with Crippen molar-refractivity contribution in [1.82, 2.24) is 20.0 Å². The summed E-state index contributed by atoms with van der Waals surface area (Å²) in [7, 11) is 1.70. The molecule has 1 aliphatic rings. The number of nitrogens with zero attached hydrogens (tertiary/aromatic N) is 3. The first-order valence-electron chi connectivity index (χ1n) is 7.64. The third kappa shape index (κ3) is 3.53. The van der Waals surface area contributed by atoms with Gasteiger partial charge in [0.25, 0.3) is 0 Å². The summed E-state index contributed by atoms with van der Waals surface area (Å²) >= 11 is 0. The molecule has 1 saturated heterocycles. The number of hydrogen-bond acceptors (Lipinski definition) is 3. The van der Waals surface area contributed by atoms with Crippen LogP contribution >= 0.6 is 0 Å². The van der Waals surface area contributed by atoms with Crippen molar-refractivity contribution in [3.63, 3.8) is 0 Å². The van der Waals surface area contributed by atoms with E-state index in [0.29, 0.717) is 30.8 Å². The largest absolute Gasteiger partial charge is 0.344 e. The number of hydrogen-bond donors (Lipinski definition) is 2. The van der Waals surface area contributed by atoms with Gasteiger partial charge in [-0.1, -0.05) is 0 Å². The molecule has 1 aliphatic heterocycles. The van der Waals surface area contributed by atoms with Gasteiger partial charge in [-0.3, -0.25) is 4.79 Å². The van der Waals surface area contributed by atoms with E-state index in [0.717, 1.165) is 0 Å². The van der Waals surface area contributed by atoms with Crippen LogP contribution in [0.2, 0.25) is 0 Å². The van der Waals surface area contributed by atoms with Gasteiger partial charge < -0.3 is 15.5 Å². The summed E-state index contributed by atoms with van der Waals surface area (Å²) in [6.07, 6.45) is 4.30. The van der Waals surface area contributed by atoms with Crippen LogP contribution in [0, 0.1) is 5.82 Å². The fourth-order valence-electron chi connectivity index (χ4n) is 2.69. The Hall–Kier alpha value is -2.90. The predicted molar refractivity (Wildman–Crippen MR) is 86.3 cm³/mol. The molecule has 1 unspecified atom stereocenters. The highest BCUT2D eigenvalue weighted by molar-refractivity contribution is 5.92. The molecule has 0 aliphatic carbocycles. The van der Waals surface area contributed by atoms with Crippen molar-refractivity contribution in [2.75, 3.05) is 18.9 Å². The number of piperidine rings is 1. The van der Waals surface area contributed by atoms with E-state index in [1.165, 1.54) is 12.1 Å². The summed E-state index contributed by atoms with van der Waals surface area (Å²) < 4.78 is 15.1. The molecule has 0 saturated carbocycles. The van der Waals surface area contributed by atoms with Crippen LogP contribution in [0.4, 0.5) is 14.9 Å². The minimum atomic E-state index is -0.454. The molecule has 24 heavy (non-hydrogen) atoms. The summed E-state index contributed by atoms with van der Waals surface area (Å²) in [5.74, 6) is -0.385. The van der Waals surface area contributed by atoms with Gasteiger partial charge in [-0.25, -0.2) is 13.9 Å². The molecule has 2 N–H and O–H groups in total. The van der Waals surface area contributed by atoms with Crippen LogP contribution in [0.1, 0.15) is 12.8 Å². The van der Waals surface area contributed by atoms with Crippen LogP contribution in [0.5, 0.6) is 0 Å². The lowest BCUT2D eigenvalue weighted by Crippen LogP contribution is -2.49. The van der Waals surface area contributed by atoms with Crippen molar-refractivity contribution in [3.8, 4) is 5.69 Å². The van der Waals surface area contributed by atoms with E-state index in [-0.39, 0.29) is 11.9 Å². The molecule has 7 nitrogen and oxygen atoms in total. The molecule has 3 amide bonds. The van der Waals surface area contributed by atoms with Gasteiger partial charge >= 0.3 is 6.03 Å². The number of rotatable bonds is 3. The Bertz CT molecular complexity index is 747. The second-order valence-corrected chi connectivity index (χ2v) is 5.72. The fraction of sp³-hybridized carbons (Fsp3) is 0.312. The van der Waals surface area contributed by atoms with Gasteiger partial charge in [0.15, 0.2) is 0 Å². The molecule has 126 valence electrons. The van der Waals surface area contributed by atoms with Gasteiger partial charge in [0, 0.05) is 38.4 Å². The summed E-state index contributed by atoms with van der Waals surface area (Å²) in [4.78, 5) is 25.3. The highest BCUT2D eigenvalue weighted by atomic mass is 19.1. The van der Waals surface area contributed by atoms with E-state index < -0.39 is 11.8 Å². The first-order valence-corrected chi connectivity index (χ1v) is 7.64. The molecule has 1 fully saturated rings. The Morgan fingerprint density at radius 2 is 2.25 bits per heavy atom. The van der Waals surface area contributed by atoms with Crippen molar-refractivity contribution in [2.24, 2.45) is 0 Å². The van der Waals surface area contributed by atoms with Gasteiger partial charge in [-0.2, -0.15) is 5.10 Å². The molecule has 8 heteroatoms. The number of benzene rings is 1. The molecule has 0 radical (unpaired) electrons. The minimum Gasteiger partial charge on any atom is -0.344 e. The fourth-order valence-corrected chi connectivity index (χ4v) is 2.69. The van der Waals surface area contributed by atoms with Crippen LogP contribution in [0.15, 0.2) is 36.7 Å². The van der Waals surface area contributed by atoms with E-state index in [1.807, 2.05) is 0 Å². The Labute approximate surface area is 138 Å². The number of anilines is 1. The molecule has 3 rings (SSSR count). The maximum Gasteiger partial charge on any atom is 0.319 e. The quantitative estimate of drug-likeness (QED) is 0.899. The zero-order chi connectivity index (χ0) is 17.1. The first kappa shape index (κ1) is 16.0. The zero-order valence-corrected chi connectivity index (χ0v) is 13.2. The highest BCUT2D eigenvalue weighted by Gasteiger charge is 2.24. The molecule has 0 spiro atoms. The lowest BCUT2D eigenvalue weighted by molar-refractivity contribution is -0.132. The molecule has 0 bridgehead atoms. The number of likely N-dealkylation sites (tertiary alicyclic amines) is 1. The number of carbonyl (C=O) groups is 2. The second kappa shape index (κ2) is 6.69. The Morgan fingerprint density at radius 3 is 2.96 bits per heavy atom. The van der Waals surface area contributed by atoms with Crippen LogP contribution in [-0.4, -0.2) is 46.3 Å². The molecule has 1 aromatic carbocycles. The number of likely N-dealkylation sites (N-methyl/N-ethyl adjacent to an activating group) is 1.